The van der Waals surface area contributed by atoms with Crippen LogP contribution in [0.3, 0.4) is 0 Å². The van der Waals surface area contributed by atoms with Crippen molar-refractivity contribution in [1.29, 1.82) is 5.26 Å². The average molecular weight is 333 g/mol. The van der Waals surface area contributed by atoms with Gasteiger partial charge in [0.05, 0.1) is 17.1 Å². The van der Waals surface area contributed by atoms with Crippen molar-refractivity contribution >= 4 is 22.9 Å². The molecule has 0 atom stereocenters. The molecule has 2 N–H and O–H groups in total. The Morgan fingerprint density at radius 1 is 1.36 bits per heavy atom. The van der Waals surface area contributed by atoms with Gasteiger partial charge in [-0.25, -0.2) is 4.39 Å². The first-order valence-corrected chi connectivity index (χ1v) is 7.73. The number of rotatable bonds is 4. The van der Waals surface area contributed by atoms with Crippen LogP contribution in [0.2, 0.25) is 0 Å². The van der Waals surface area contributed by atoms with Crippen molar-refractivity contribution in [3.63, 3.8) is 0 Å². The van der Waals surface area contributed by atoms with E-state index < -0.39 is 5.91 Å². The number of amides is 1. The van der Waals surface area contributed by atoms with Crippen molar-refractivity contribution in [3.8, 4) is 6.07 Å². The molecule has 4 nitrogen and oxygen atoms in total. The van der Waals surface area contributed by atoms with Gasteiger partial charge in [0.1, 0.15) is 5.82 Å². The van der Waals surface area contributed by atoms with Crippen molar-refractivity contribution in [2.75, 3.05) is 0 Å². The van der Waals surface area contributed by atoms with Crippen LogP contribution in [0, 0.1) is 24.1 Å². The van der Waals surface area contributed by atoms with Gasteiger partial charge in [-0.2, -0.15) is 5.26 Å². The summed E-state index contributed by atoms with van der Waals surface area (Å²) in [4.78, 5) is 11.0. The number of hydrogen-bond acceptors (Lipinski definition) is 2. The van der Waals surface area contributed by atoms with Gasteiger partial charge in [0, 0.05) is 29.8 Å². The van der Waals surface area contributed by atoms with Crippen LogP contribution >= 0.6 is 0 Å². The Balaban J connectivity index is 2.15. The molecule has 0 spiro atoms. The third-order valence-corrected chi connectivity index (χ3v) is 4.00. The van der Waals surface area contributed by atoms with Gasteiger partial charge >= 0.3 is 0 Å². The minimum Gasteiger partial charge on any atom is -0.366 e. The number of aromatic nitrogens is 1. The Kier molecular flexibility index (Phi) is 4.36. The van der Waals surface area contributed by atoms with E-state index in [9.17, 15) is 9.18 Å². The molecular weight excluding hydrogens is 317 g/mol. The molecule has 3 rings (SSSR count). The smallest absolute Gasteiger partial charge is 0.241 e. The van der Waals surface area contributed by atoms with Crippen LogP contribution in [0.25, 0.3) is 17.0 Å². The normalized spacial score (nSPS) is 11.1. The third-order valence-electron chi connectivity index (χ3n) is 4.00. The predicted molar refractivity (Wildman–Crippen MR) is 95.1 cm³/mol. The van der Waals surface area contributed by atoms with Gasteiger partial charge in [0.25, 0.3) is 0 Å². The molecule has 25 heavy (non-hydrogen) atoms. The molecule has 0 unspecified atom stereocenters. The molecule has 1 heterocycles. The zero-order chi connectivity index (χ0) is 18.0. The first kappa shape index (κ1) is 16.5. The number of hydrogen-bond donors (Lipinski definition) is 1. The van der Waals surface area contributed by atoms with Crippen LogP contribution in [0.4, 0.5) is 4.39 Å². The molecular formula is C20H16FN3O. The first-order chi connectivity index (χ1) is 12.0. The number of nitrogens with two attached hydrogens (primary N) is 1. The fourth-order valence-corrected chi connectivity index (χ4v) is 2.97. The van der Waals surface area contributed by atoms with Crippen LogP contribution in [0.15, 0.2) is 48.7 Å². The molecule has 5 heteroatoms. The number of benzene rings is 2. The van der Waals surface area contributed by atoms with Gasteiger partial charge in [-0.05, 0) is 48.4 Å². The summed E-state index contributed by atoms with van der Waals surface area (Å²) in [6, 6.07) is 12.3. The predicted octanol–water partition coefficient (Wildman–Crippen LogP) is 3.51. The summed E-state index contributed by atoms with van der Waals surface area (Å²) < 4.78 is 15.9. The van der Waals surface area contributed by atoms with Crippen LogP contribution in [-0.2, 0) is 11.3 Å². The average Bonchev–Trinajstić information content (AvgIpc) is 2.88. The zero-order valence-electron chi connectivity index (χ0n) is 13.7. The molecule has 0 saturated carbocycles. The van der Waals surface area contributed by atoms with Crippen molar-refractivity contribution in [2.24, 2.45) is 5.73 Å². The van der Waals surface area contributed by atoms with E-state index in [2.05, 4.69) is 6.07 Å². The fraction of sp³-hybridized carbons (Fsp3) is 0.100. The summed E-state index contributed by atoms with van der Waals surface area (Å²) in [6.45, 7) is 2.44. The Morgan fingerprint density at radius 3 is 2.88 bits per heavy atom. The highest BCUT2D eigenvalue weighted by Gasteiger charge is 2.12. The van der Waals surface area contributed by atoms with Crippen LogP contribution < -0.4 is 5.73 Å². The molecule has 0 aliphatic rings. The number of halogens is 1. The van der Waals surface area contributed by atoms with Gasteiger partial charge in [-0.15, -0.1) is 0 Å². The van der Waals surface area contributed by atoms with Gasteiger partial charge in [-0.3, -0.25) is 4.79 Å². The lowest BCUT2D eigenvalue weighted by Crippen LogP contribution is -2.05. The van der Waals surface area contributed by atoms with Crippen molar-refractivity contribution in [2.45, 2.75) is 13.5 Å². The van der Waals surface area contributed by atoms with Crippen molar-refractivity contribution in [1.82, 2.24) is 4.57 Å². The molecule has 0 aliphatic carbocycles. The summed E-state index contributed by atoms with van der Waals surface area (Å²) in [6.07, 6.45) is 4.68. The molecule has 1 aromatic heterocycles. The number of aryl methyl sites for hydroxylation is 1. The molecule has 0 radical (unpaired) electrons. The monoisotopic (exact) mass is 333 g/mol. The maximum absolute atomic E-state index is 13.9. The standard InChI is InChI=1S/C20H16FN3O/c1-13-11-24(12-15-4-2-3-14(7-15)10-22)20-16(5-6-19(23)25)8-17(21)9-18(13)20/h2-9,11H,12H2,1H3,(H2,23,25). The largest absolute Gasteiger partial charge is 0.366 e. The number of nitrogens with zero attached hydrogens (tertiary/aromatic N) is 2. The van der Waals surface area contributed by atoms with Gasteiger partial charge in [-0.1, -0.05) is 12.1 Å². The second-order valence-electron chi connectivity index (χ2n) is 5.88. The Labute approximate surface area is 144 Å². The lowest BCUT2D eigenvalue weighted by molar-refractivity contribution is -0.113. The zero-order valence-corrected chi connectivity index (χ0v) is 13.7. The fourth-order valence-electron chi connectivity index (χ4n) is 2.97. The van der Waals surface area contributed by atoms with Crippen LogP contribution in [0.5, 0.6) is 0 Å². The maximum atomic E-state index is 13.9. The summed E-state index contributed by atoms with van der Waals surface area (Å²) >= 11 is 0. The first-order valence-electron chi connectivity index (χ1n) is 7.73. The number of primary amides is 1. The quantitative estimate of drug-likeness (QED) is 0.742. The summed E-state index contributed by atoms with van der Waals surface area (Å²) in [5.41, 5.74) is 9.05. The maximum Gasteiger partial charge on any atom is 0.241 e. The number of carbonyl (C=O) groups excluding carboxylic acids is 1. The Hall–Kier alpha value is -3.39. The van der Waals surface area contributed by atoms with Gasteiger partial charge < -0.3 is 10.3 Å². The summed E-state index contributed by atoms with van der Waals surface area (Å²) in [7, 11) is 0. The minimum absolute atomic E-state index is 0.371. The lowest BCUT2D eigenvalue weighted by atomic mass is 10.1. The van der Waals surface area contributed by atoms with E-state index in [0.717, 1.165) is 22.0 Å². The molecule has 0 aliphatic heterocycles. The van der Waals surface area contributed by atoms with Crippen LogP contribution in [0.1, 0.15) is 22.3 Å². The van der Waals surface area contributed by atoms with E-state index in [1.54, 1.807) is 6.07 Å². The van der Waals surface area contributed by atoms with E-state index in [1.165, 1.54) is 24.3 Å². The van der Waals surface area contributed by atoms with E-state index in [4.69, 9.17) is 11.0 Å². The lowest BCUT2D eigenvalue weighted by Gasteiger charge is -2.09. The Bertz CT molecular complexity index is 1040. The number of carbonyl (C=O) groups is 1. The molecule has 0 fully saturated rings. The topological polar surface area (TPSA) is 71.8 Å². The molecule has 0 saturated heterocycles. The second kappa shape index (κ2) is 6.62. The highest BCUT2D eigenvalue weighted by atomic mass is 19.1. The molecule has 2 aromatic carbocycles. The molecule has 1 amide bonds. The highest BCUT2D eigenvalue weighted by molar-refractivity contribution is 5.96. The van der Waals surface area contributed by atoms with E-state index in [0.29, 0.717) is 17.7 Å². The molecule has 3 aromatic rings. The highest BCUT2D eigenvalue weighted by Crippen LogP contribution is 2.27. The van der Waals surface area contributed by atoms with Crippen LogP contribution in [-0.4, -0.2) is 10.5 Å². The van der Waals surface area contributed by atoms with E-state index in [1.807, 2.05) is 35.9 Å². The van der Waals surface area contributed by atoms with Gasteiger partial charge in [0.15, 0.2) is 0 Å². The van der Waals surface area contributed by atoms with Gasteiger partial charge in [0.2, 0.25) is 5.91 Å². The minimum atomic E-state index is -0.589. The van der Waals surface area contributed by atoms with E-state index in [-0.39, 0.29) is 5.82 Å². The summed E-state index contributed by atoms with van der Waals surface area (Å²) in [5.74, 6) is -0.960. The molecule has 0 bridgehead atoms. The van der Waals surface area contributed by atoms with E-state index >= 15 is 0 Å². The summed E-state index contributed by atoms with van der Waals surface area (Å²) in [5, 5.41) is 9.83. The number of nitriles is 1. The SMILES string of the molecule is Cc1cn(Cc2cccc(C#N)c2)c2c(C=CC(N)=O)cc(F)cc12. The Morgan fingerprint density at radius 2 is 2.16 bits per heavy atom. The van der Waals surface area contributed by atoms with Crippen molar-refractivity contribution < 1.29 is 9.18 Å². The number of fused-ring (bicyclic) bond motifs is 1. The molecule has 124 valence electrons. The van der Waals surface area contributed by atoms with Crippen molar-refractivity contribution in [3.05, 3.63) is 76.7 Å². The third kappa shape index (κ3) is 3.43. The second-order valence-corrected chi connectivity index (χ2v) is 5.88.